The highest BCUT2D eigenvalue weighted by molar-refractivity contribution is 5.81. The topological polar surface area (TPSA) is 34.9 Å². The van der Waals surface area contributed by atoms with Gasteiger partial charge in [-0.2, -0.15) is 0 Å². The minimum absolute atomic E-state index is 0.271. The number of nitrogens with zero attached hydrogens (tertiary/aromatic N) is 2. The van der Waals surface area contributed by atoms with Crippen LogP contribution in [0, 0.1) is 6.92 Å². The van der Waals surface area contributed by atoms with Gasteiger partial charge < -0.3 is 4.57 Å². The van der Waals surface area contributed by atoms with Gasteiger partial charge in [-0.05, 0) is 18.1 Å². The fourth-order valence-electron chi connectivity index (χ4n) is 1.78. The minimum atomic E-state index is 0.271. The lowest BCUT2D eigenvalue weighted by atomic mass is 10.0. The van der Waals surface area contributed by atoms with Crippen LogP contribution in [0.2, 0.25) is 0 Å². The van der Waals surface area contributed by atoms with Crippen LogP contribution in [0.5, 0.6) is 0 Å². The van der Waals surface area contributed by atoms with E-state index in [1.807, 2.05) is 42.0 Å². The molecule has 0 bridgehead atoms. The third-order valence-electron chi connectivity index (χ3n) is 2.86. The average Bonchev–Trinajstić information content (AvgIpc) is 2.82. The number of carbonyl (C=O) groups excluding carboxylic acids is 1. The molecule has 1 heterocycles. The number of hydrogen-bond donors (Lipinski definition) is 0. The van der Waals surface area contributed by atoms with E-state index < -0.39 is 0 Å². The van der Waals surface area contributed by atoms with Gasteiger partial charge in [0.2, 0.25) is 0 Å². The smallest absolute Gasteiger partial charge is 0.139 e. The first kappa shape index (κ1) is 11.6. The predicted octanol–water partition coefficient (Wildman–Crippen LogP) is 2.39. The fourth-order valence-corrected chi connectivity index (χ4v) is 1.78. The Balaban J connectivity index is 1.87. The van der Waals surface area contributed by atoms with Crippen molar-refractivity contribution in [3.05, 3.63) is 54.1 Å². The lowest BCUT2D eigenvalue weighted by molar-refractivity contribution is -0.118. The summed E-state index contributed by atoms with van der Waals surface area (Å²) in [5, 5.41) is 0. The molecule has 88 valence electrons. The largest absolute Gasteiger partial charge is 0.337 e. The molecular formula is C14H16N2O. The number of hydrogen-bond acceptors (Lipinski definition) is 2. The average molecular weight is 228 g/mol. The van der Waals surface area contributed by atoms with Crippen LogP contribution in [-0.4, -0.2) is 15.3 Å². The van der Waals surface area contributed by atoms with E-state index >= 15 is 0 Å². The third kappa shape index (κ3) is 3.28. The predicted molar refractivity (Wildman–Crippen MR) is 66.7 cm³/mol. The van der Waals surface area contributed by atoms with Crippen LogP contribution in [0.1, 0.15) is 17.5 Å². The molecule has 17 heavy (non-hydrogen) atoms. The number of carbonyl (C=O) groups is 1. The monoisotopic (exact) mass is 228 g/mol. The van der Waals surface area contributed by atoms with Crippen LogP contribution >= 0.6 is 0 Å². The highest BCUT2D eigenvalue weighted by Crippen LogP contribution is 2.09. The van der Waals surface area contributed by atoms with E-state index in [9.17, 15) is 4.79 Å². The van der Waals surface area contributed by atoms with Gasteiger partial charge in [0.1, 0.15) is 5.78 Å². The van der Waals surface area contributed by atoms with Crippen molar-refractivity contribution in [2.75, 3.05) is 0 Å². The Hall–Kier alpha value is -1.90. The number of aryl methyl sites for hydroxylation is 2. The molecular weight excluding hydrogens is 212 g/mol. The number of ketones is 1. The molecule has 2 rings (SSSR count). The third-order valence-corrected chi connectivity index (χ3v) is 2.86. The van der Waals surface area contributed by atoms with Gasteiger partial charge in [-0.3, -0.25) is 4.79 Å². The number of Topliss-reactive ketones (excluding diaryl/α,β-unsaturated/α-hetero) is 1. The molecule has 0 saturated carbocycles. The van der Waals surface area contributed by atoms with E-state index in [0.717, 1.165) is 5.56 Å². The molecule has 0 spiro atoms. The Kier molecular flexibility index (Phi) is 3.70. The summed E-state index contributed by atoms with van der Waals surface area (Å²) in [5.41, 5.74) is 2.31. The molecule has 3 heteroatoms. The van der Waals surface area contributed by atoms with E-state index in [-0.39, 0.29) is 5.78 Å². The molecule has 0 aliphatic rings. The van der Waals surface area contributed by atoms with Crippen molar-refractivity contribution in [2.24, 2.45) is 0 Å². The highest BCUT2D eigenvalue weighted by atomic mass is 16.1. The van der Waals surface area contributed by atoms with Gasteiger partial charge in [-0.1, -0.05) is 24.3 Å². The number of rotatable bonds is 5. The highest BCUT2D eigenvalue weighted by Gasteiger charge is 2.05. The van der Waals surface area contributed by atoms with Crippen molar-refractivity contribution in [2.45, 2.75) is 26.3 Å². The minimum Gasteiger partial charge on any atom is -0.337 e. The van der Waals surface area contributed by atoms with Crippen LogP contribution in [0.3, 0.4) is 0 Å². The Morgan fingerprint density at radius 3 is 2.88 bits per heavy atom. The maximum absolute atomic E-state index is 11.8. The first-order valence-electron chi connectivity index (χ1n) is 5.77. The van der Waals surface area contributed by atoms with Crippen molar-refractivity contribution in [1.82, 2.24) is 9.55 Å². The van der Waals surface area contributed by atoms with Crippen LogP contribution in [0.15, 0.2) is 43.0 Å². The summed E-state index contributed by atoms with van der Waals surface area (Å²) in [4.78, 5) is 15.8. The van der Waals surface area contributed by atoms with Gasteiger partial charge in [-0.25, -0.2) is 4.98 Å². The second kappa shape index (κ2) is 5.43. The first-order chi connectivity index (χ1) is 8.25. The summed E-state index contributed by atoms with van der Waals surface area (Å²) in [6.07, 6.45) is 6.43. The zero-order chi connectivity index (χ0) is 12.1. The first-order valence-corrected chi connectivity index (χ1v) is 5.77. The summed E-state index contributed by atoms with van der Waals surface area (Å²) in [7, 11) is 0. The summed E-state index contributed by atoms with van der Waals surface area (Å²) in [5.74, 6) is 0.271. The molecule has 3 nitrogen and oxygen atoms in total. The van der Waals surface area contributed by atoms with Gasteiger partial charge >= 0.3 is 0 Å². The van der Waals surface area contributed by atoms with Gasteiger partial charge in [0, 0.05) is 31.8 Å². The molecule has 0 fully saturated rings. The standard InChI is InChI=1S/C14H16N2O/c1-12-4-2-3-5-13(12)10-14(17)6-8-16-9-7-15-11-16/h2-5,7,9,11H,6,8,10H2,1H3. The number of imidazole rings is 1. The summed E-state index contributed by atoms with van der Waals surface area (Å²) < 4.78 is 1.93. The number of benzene rings is 1. The quantitative estimate of drug-likeness (QED) is 0.787. The Bertz CT molecular complexity index is 489. The summed E-state index contributed by atoms with van der Waals surface area (Å²) in [6, 6.07) is 8.03. The second-order valence-electron chi connectivity index (χ2n) is 4.19. The molecule has 0 radical (unpaired) electrons. The zero-order valence-corrected chi connectivity index (χ0v) is 9.97. The molecule has 0 unspecified atom stereocenters. The van der Waals surface area contributed by atoms with E-state index in [1.165, 1.54) is 5.56 Å². The second-order valence-corrected chi connectivity index (χ2v) is 4.19. The van der Waals surface area contributed by atoms with E-state index in [4.69, 9.17) is 0 Å². The Morgan fingerprint density at radius 2 is 2.18 bits per heavy atom. The van der Waals surface area contributed by atoms with Gasteiger partial charge in [-0.15, -0.1) is 0 Å². The zero-order valence-electron chi connectivity index (χ0n) is 9.97. The Morgan fingerprint density at radius 1 is 1.35 bits per heavy atom. The van der Waals surface area contributed by atoms with Crippen LogP contribution in [-0.2, 0) is 17.8 Å². The molecule has 2 aromatic rings. The molecule has 0 aliphatic carbocycles. The normalized spacial score (nSPS) is 10.4. The van der Waals surface area contributed by atoms with Crippen molar-refractivity contribution in [3.63, 3.8) is 0 Å². The van der Waals surface area contributed by atoms with Gasteiger partial charge in [0.05, 0.1) is 6.33 Å². The molecule has 0 amide bonds. The van der Waals surface area contributed by atoms with Crippen molar-refractivity contribution < 1.29 is 4.79 Å². The SMILES string of the molecule is Cc1ccccc1CC(=O)CCn1ccnc1. The molecule has 0 saturated heterocycles. The lowest BCUT2D eigenvalue weighted by Gasteiger charge is -2.05. The van der Waals surface area contributed by atoms with Crippen LogP contribution in [0.25, 0.3) is 0 Å². The maximum Gasteiger partial charge on any atom is 0.139 e. The van der Waals surface area contributed by atoms with Crippen LogP contribution in [0.4, 0.5) is 0 Å². The van der Waals surface area contributed by atoms with Crippen molar-refractivity contribution >= 4 is 5.78 Å². The molecule has 1 aromatic carbocycles. The van der Waals surface area contributed by atoms with Gasteiger partial charge in [0.25, 0.3) is 0 Å². The summed E-state index contributed by atoms with van der Waals surface area (Å²) in [6.45, 7) is 2.75. The van der Waals surface area contributed by atoms with E-state index in [1.54, 1.807) is 12.5 Å². The fraction of sp³-hybridized carbons (Fsp3) is 0.286. The van der Waals surface area contributed by atoms with E-state index in [0.29, 0.717) is 19.4 Å². The van der Waals surface area contributed by atoms with Gasteiger partial charge in [0.15, 0.2) is 0 Å². The van der Waals surface area contributed by atoms with Crippen molar-refractivity contribution in [3.8, 4) is 0 Å². The molecule has 1 aromatic heterocycles. The molecule has 0 aliphatic heterocycles. The molecule has 0 atom stereocenters. The maximum atomic E-state index is 11.8. The summed E-state index contributed by atoms with van der Waals surface area (Å²) >= 11 is 0. The van der Waals surface area contributed by atoms with Crippen molar-refractivity contribution in [1.29, 1.82) is 0 Å². The van der Waals surface area contributed by atoms with E-state index in [2.05, 4.69) is 4.98 Å². The number of aromatic nitrogens is 2. The molecule has 0 N–H and O–H groups in total. The lowest BCUT2D eigenvalue weighted by Crippen LogP contribution is -2.08. The van der Waals surface area contributed by atoms with Crippen LogP contribution < -0.4 is 0 Å². The Labute approximate surface area is 101 Å².